The molecule has 7 nitrogen and oxygen atoms in total. The smallest absolute Gasteiger partial charge is 0.294 e. The zero-order valence-electron chi connectivity index (χ0n) is 14.6. The molecule has 2 aromatic heterocycles. The van der Waals surface area contributed by atoms with E-state index in [1.165, 1.54) is 36.7 Å². The lowest BCUT2D eigenvalue weighted by Crippen LogP contribution is -2.30. The van der Waals surface area contributed by atoms with Crippen LogP contribution in [0.3, 0.4) is 0 Å². The highest BCUT2D eigenvalue weighted by molar-refractivity contribution is 6.32. The first kappa shape index (κ1) is 17.9. The summed E-state index contributed by atoms with van der Waals surface area (Å²) in [5, 5.41) is 10.8. The molecule has 4 rings (SSSR count). The zero-order valence-corrected chi connectivity index (χ0v) is 15.3. The number of carbonyl (C=O) groups excluding carboxylic acids is 2. The molecule has 1 aliphatic heterocycles. The minimum Gasteiger partial charge on any atom is -0.503 e. The van der Waals surface area contributed by atoms with Crippen LogP contribution in [-0.4, -0.2) is 23.9 Å². The molecule has 1 amide bonds. The van der Waals surface area contributed by atoms with Crippen LogP contribution in [0.4, 0.5) is 5.69 Å². The van der Waals surface area contributed by atoms with E-state index in [4.69, 9.17) is 25.2 Å². The maximum absolute atomic E-state index is 12.9. The first-order chi connectivity index (χ1) is 13.5. The van der Waals surface area contributed by atoms with E-state index in [1.807, 2.05) is 0 Å². The summed E-state index contributed by atoms with van der Waals surface area (Å²) >= 11 is 6.20. The third kappa shape index (κ3) is 2.76. The van der Waals surface area contributed by atoms with Crippen molar-refractivity contribution in [2.45, 2.75) is 6.04 Å². The highest BCUT2D eigenvalue weighted by Gasteiger charge is 2.46. The van der Waals surface area contributed by atoms with Crippen molar-refractivity contribution in [3.63, 3.8) is 0 Å². The number of Topliss-reactive ketones (excluding diaryl/α,β-unsaturated/α-hetero) is 1. The zero-order chi connectivity index (χ0) is 19.8. The molecule has 0 aliphatic carbocycles. The van der Waals surface area contributed by atoms with Gasteiger partial charge in [0.2, 0.25) is 5.78 Å². The second kappa shape index (κ2) is 6.94. The number of methoxy groups -OCH3 is 1. The Labute approximate surface area is 164 Å². The van der Waals surface area contributed by atoms with E-state index in [2.05, 4.69) is 0 Å². The highest BCUT2D eigenvalue weighted by atomic mass is 35.5. The summed E-state index contributed by atoms with van der Waals surface area (Å²) in [4.78, 5) is 27.1. The van der Waals surface area contributed by atoms with Crippen molar-refractivity contribution in [3.05, 3.63) is 82.9 Å². The Kier molecular flexibility index (Phi) is 4.44. The molecule has 0 fully saturated rings. The first-order valence-electron chi connectivity index (χ1n) is 8.24. The lowest BCUT2D eigenvalue weighted by atomic mass is 9.99. The molecule has 0 bridgehead atoms. The molecule has 1 aliphatic rings. The quantitative estimate of drug-likeness (QED) is 0.642. The van der Waals surface area contributed by atoms with Gasteiger partial charge in [0.05, 0.1) is 30.2 Å². The van der Waals surface area contributed by atoms with Crippen LogP contribution >= 0.6 is 11.6 Å². The maximum Gasteiger partial charge on any atom is 0.294 e. The number of nitrogens with zero attached hydrogens (tertiary/aromatic N) is 1. The number of anilines is 1. The number of aliphatic hydroxyl groups excluding tert-OH is 1. The number of benzene rings is 1. The van der Waals surface area contributed by atoms with E-state index in [9.17, 15) is 14.7 Å². The van der Waals surface area contributed by atoms with Crippen molar-refractivity contribution in [1.29, 1.82) is 0 Å². The van der Waals surface area contributed by atoms with Crippen molar-refractivity contribution < 1.29 is 28.3 Å². The molecule has 1 aromatic carbocycles. The van der Waals surface area contributed by atoms with Crippen molar-refractivity contribution in [2.75, 3.05) is 12.0 Å². The van der Waals surface area contributed by atoms with Gasteiger partial charge < -0.3 is 18.7 Å². The molecule has 1 unspecified atom stereocenters. The summed E-state index contributed by atoms with van der Waals surface area (Å²) in [5.74, 6) is -1.30. The lowest BCUT2D eigenvalue weighted by molar-refractivity contribution is -0.117. The van der Waals surface area contributed by atoms with E-state index >= 15 is 0 Å². The van der Waals surface area contributed by atoms with Gasteiger partial charge in [-0.15, -0.1) is 0 Å². The Morgan fingerprint density at radius 1 is 1.18 bits per heavy atom. The topological polar surface area (TPSA) is 93.1 Å². The fraction of sp³-hybridized carbons (Fsp3) is 0.100. The number of carbonyl (C=O) groups is 2. The van der Waals surface area contributed by atoms with Crippen molar-refractivity contribution >= 4 is 29.0 Å². The average molecular weight is 400 g/mol. The molecule has 0 saturated carbocycles. The molecule has 0 saturated heterocycles. The largest absolute Gasteiger partial charge is 0.503 e. The Bertz CT molecular complexity index is 1070. The van der Waals surface area contributed by atoms with Crippen LogP contribution < -0.4 is 9.64 Å². The molecule has 142 valence electrons. The van der Waals surface area contributed by atoms with Gasteiger partial charge in [-0.3, -0.25) is 14.5 Å². The number of aliphatic hydroxyl groups is 1. The lowest BCUT2D eigenvalue weighted by Gasteiger charge is -2.25. The summed E-state index contributed by atoms with van der Waals surface area (Å²) in [6, 6.07) is 9.98. The molecule has 28 heavy (non-hydrogen) atoms. The summed E-state index contributed by atoms with van der Waals surface area (Å²) in [6.45, 7) is 0. The summed E-state index contributed by atoms with van der Waals surface area (Å²) in [7, 11) is 1.47. The minimum absolute atomic E-state index is 0.000481. The first-order valence-corrected chi connectivity index (χ1v) is 8.62. The predicted octanol–water partition coefficient (Wildman–Crippen LogP) is 4.32. The monoisotopic (exact) mass is 399 g/mol. The van der Waals surface area contributed by atoms with Gasteiger partial charge in [0.25, 0.3) is 5.91 Å². The van der Waals surface area contributed by atoms with E-state index in [0.29, 0.717) is 17.2 Å². The fourth-order valence-corrected chi connectivity index (χ4v) is 3.42. The predicted molar refractivity (Wildman–Crippen MR) is 99.6 cm³/mol. The summed E-state index contributed by atoms with van der Waals surface area (Å²) in [5.41, 5.74) is 0.229. The van der Waals surface area contributed by atoms with Gasteiger partial charge >= 0.3 is 0 Å². The number of halogens is 1. The third-order valence-electron chi connectivity index (χ3n) is 4.42. The van der Waals surface area contributed by atoms with Crippen LogP contribution in [-0.2, 0) is 4.79 Å². The van der Waals surface area contributed by atoms with Crippen LogP contribution in [0.15, 0.2) is 75.2 Å². The van der Waals surface area contributed by atoms with Gasteiger partial charge in [-0.05, 0) is 42.5 Å². The van der Waals surface area contributed by atoms with Crippen molar-refractivity contribution in [2.24, 2.45) is 0 Å². The number of amides is 1. The summed E-state index contributed by atoms with van der Waals surface area (Å²) < 4.78 is 15.8. The van der Waals surface area contributed by atoms with Gasteiger partial charge in [0.1, 0.15) is 17.6 Å². The second-order valence-corrected chi connectivity index (χ2v) is 6.39. The van der Waals surface area contributed by atoms with E-state index in [1.54, 1.807) is 30.3 Å². The molecular formula is C20H14ClNO6. The van der Waals surface area contributed by atoms with Gasteiger partial charge in [0, 0.05) is 5.69 Å². The third-order valence-corrected chi connectivity index (χ3v) is 4.72. The number of furan rings is 2. The van der Waals surface area contributed by atoms with Gasteiger partial charge in [-0.1, -0.05) is 11.6 Å². The van der Waals surface area contributed by atoms with Crippen molar-refractivity contribution in [1.82, 2.24) is 0 Å². The summed E-state index contributed by atoms with van der Waals surface area (Å²) in [6.07, 6.45) is 2.76. The Morgan fingerprint density at radius 2 is 1.93 bits per heavy atom. The molecule has 1 atom stereocenters. The van der Waals surface area contributed by atoms with E-state index in [0.717, 1.165) is 0 Å². The molecular weight excluding hydrogens is 386 g/mol. The van der Waals surface area contributed by atoms with Crippen LogP contribution in [0.2, 0.25) is 5.02 Å². The van der Waals surface area contributed by atoms with Crippen LogP contribution in [0.1, 0.15) is 22.4 Å². The Hall–Kier alpha value is -3.45. The number of ether oxygens (including phenoxy) is 1. The normalized spacial score (nSPS) is 16.7. The Morgan fingerprint density at radius 3 is 2.54 bits per heavy atom. The van der Waals surface area contributed by atoms with E-state index in [-0.39, 0.29) is 16.4 Å². The standard InChI is InChI=1S/C20H14ClNO6/c1-26-13-7-6-11(10-12(13)21)22-17(14-4-2-8-27-14)16(19(24)20(22)25)18(23)15-5-3-9-28-15/h2-10,17,24H,1H3. The highest BCUT2D eigenvalue weighted by Crippen LogP contribution is 2.43. The number of hydrogen-bond acceptors (Lipinski definition) is 6. The Balaban J connectivity index is 1.85. The van der Waals surface area contributed by atoms with Crippen LogP contribution in [0.25, 0.3) is 0 Å². The van der Waals surface area contributed by atoms with E-state index < -0.39 is 23.5 Å². The second-order valence-electron chi connectivity index (χ2n) is 5.98. The molecule has 3 aromatic rings. The van der Waals surface area contributed by atoms with Crippen molar-refractivity contribution in [3.8, 4) is 5.75 Å². The molecule has 8 heteroatoms. The van der Waals surface area contributed by atoms with Crippen LogP contribution in [0, 0.1) is 0 Å². The molecule has 0 spiro atoms. The van der Waals surface area contributed by atoms with Gasteiger partial charge in [-0.2, -0.15) is 0 Å². The van der Waals surface area contributed by atoms with Crippen LogP contribution in [0.5, 0.6) is 5.75 Å². The number of ketones is 1. The number of rotatable bonds is 5. The minimum atomic E-state index is -0.982. The van der Waals surface area contributed by atoms with Gasteiger partial charge in [0.15, 0.2) is 11.5 Å². The molecule has 1 N–H and O–H groups in total. The molecule has 0 radical (unpaired) electrons. The molecule has 3 heterocycles. The van der Waals surface area contributed by atoms with Gasteiger partial charge in [-0.25, -0.2) is 0 Å². The number of hydrogen-bond donors (Lipinski definition) is 1. The fourth-order valence-electron chi connectivity index (χ4n) is 3.17. The SMILES string of the molecule is COc1ccc(N2C(=O)C(O)=C(C(=O)c3ccco3)C2c2ccco2)cc1Cl. The average Bonchev–Trinajstić information content (AvgIpc) is 3.43. The maximum atomic E-state index is 12.9.